The van der Waals surface area contributed by atoms with E-state index in [9.17, 15) is 0 Å². The molecule has 62 valence electrons. The molecule has 2 N–H and O–H groups in total. The van der Waals surface area contributed by atoms with Crippen LogP contribution in [0.25, 0.3) is 11.0 Å². The highest BCUT2D eigenvalue weighted by Crippen LogP contribution is 2.23. The molecule has 0 fully saturated rings. The van der Waals surface area contributed by atoms with Crippen LogP contribution in [-0.4, -0.2) is 5.16 Å². The highest BCUT2D eigenvalue weighted by molar-refractivity contribution is 5.83. The second-order valence-electron chi connectivity index (χ2n) is 2.97. The Kier molecular flexibility index (Phi) is 1.33. The van der Waals surface area contributed by atoms with Crippen LogP contribution < -0.4 is 5.73 Å². The molecule has 12 heavy (non-hydrogen) atoms. The van der Waals surface area contributed by atoms with Gasteiger partial charge in [-0.2, -0.15) is 0 Å². The molecule has 0 saturated carbocycles. The van der Waals surface area contributed by atoms with Gasteiger partial charge in [-0.1, -0.05) is 5.16 Å². The fraction of sp³-hybridized carbons (Fsp3) is 0.222. The second kappa shape index (κ2) is 2.24. The molecule has 3 heteroatoms. The van der Waals surface area contributed by atoms with Crippen molar-refractivity contribution in [2.24, 2.45) is 0 Å². The van der Waals surface area contributed by atoms with Crippen LogP contribution in [0.4, 0.5) is 5.69 Å². The van der Waals surface area contributed by atoms with Crippen LogP contribution in [0.1, 0.15) is 11.3 Å². The topological polar surface area (TPSA) is 52.0 Å². The molecule has 2 rings (SSSR count). The fourth-order valence-electron chi connectivity index (χ4n) is 1.22. The Bertz CT molecular complexity index is 431. The molecule has 1 aromatic carbocycles. The summed E-state index contributed by atoms with van der Waals surface area (Å²) in [4.78, 5) is 0. The summed E-state index contributed by atoms with van der Waals surface area (Å²) < 4.78 is 5.08. The Balaban J connectivity index is 2.87. The Morgan fingerprint density at radius 1 is 1.33 bits per heavy atom. The molecular formula is C9H10N2O. The quantitative estimate of drug-likeness (QED) is 0.603. The monoisotopic (exact) mass is 162 g/mol. The molecule has 0 bridgehead atoms. The first kappa shape index (κ1) is 7.16. The molecular weight excluding hydrogens is 152 g/mol. The van der Waals surface area contributed by atoms with Crippen LogP contribution >= 0.6 is 0 Å². The van der Waals surface area contributed by atoms with Gasteiger partial charge >= 0.3 is 0 Å². The van der Waals surface area contributed by atoms with Crippen LogP contribution in [-0.2, 0) is 0 Å². The largest absolute Gasteiger partial charge is 0.398 e. The summed E-state index contributed by atoms with van der Waals surface area (Å²) >= 11 is 0. The third-order valence-corrected chi connectivity index (χ3v) is 2.04. The Morgan fingerprint density at radius 2 is 2.08 bits per heavy atom. The number of fused-ring (bicyclic) bond motifs is 1. The Hall–Kier alpha value is -1.51. The van der Waals surface area contributed by atoms with E-state index in [0.29, 0.717) is 0 Å². The van der Waals surface area contributed by atoms with E-state index in [1.807, 2.05) is 26.0 Å². The maximum absolute atomic E-state index is 5.74. The van der Waals surface area contributed by atoms with Crippen LogP contribution in [0.2, 0.25) is 0 Å². The minimum absolute atomic E-state index is 0.786. The number of nitrogens with two attached hydrogens (primary N) is 1. The van der Waals surface area contributed by atoms with Gasteiger partial charge in [0.15, 0.2) is 5.58 Å². The van der Waals surface area contributed by atoms with Crippen molar-refractivity contribution in [2.75, 3.05) is 5.73 Å². The number of hydrogen-bond acceptors (Lipinski definition) is 3. The fourth-order valence-corrected chi connectivity index (χ4v) is 1.22. The van der Waals surface area contributed by atoms with Crippen molar-refractivity contribution in [2.45, 2.75) is 13.8 Å². The molecule has 0 aliphatic heterocycles. The third kappa shape index (κ3) is 0.863. The van der Waals surface area contributed by atoms with Crippen LogP contribution in [0.3, 0.4) is 0 Å². The normalized spacial score (nSPS) is 10.8. The average Bonchev–Trinajstić information content (AvgIpc) is 2.35. The minimum Gasteiger partial charge on any atom is -0.398 e. The number of nitrogen functional groups attached to an aromatic ring is 1. The van der Waals surface area contributed by atoms with E-state index in [0.717, 1.165) is 27.9 Å². The molecule has 0 amide bonds. The van der Waals surface area contributed by atoms with Gasteiger partial charge in [0.25, 0.3) is 0 Å². The number of nitrogens with zero attached hydrogens (tertiary/aromatic N) is 1. The molecule has 0 spiro atoms. The molecule has 0 saturated heterocycles. The molecule has 0 aliphatic carbocycles. The van der Waals surface area contributed by atoms with Gasteiger partial charge in [-0.15, -0.1) is 0 Å². The lowest BCUT2D eigenvalue weighted by Gasteiger charge is -1.97. The molecule has 1 heterocycles. The van der Waals surface area contributed by atoms with Crippen molar-refractivity contribution in [3.63, 3.8) is 0 Å². The first-order valence-corrected chi connectivity index (χ1v) is 3.80. The van der Waals surface area contributed by atoms with Crippen molar-refractivity contribution in [1.29, 1.82) is 0 Å². The van der Waals surface area contributed by atoms with Gasteiger partial charge in [-0.05, 0) is 31.5 Å². The van der Waals surface area contributed by atoms with Gasteiger partial charge in [0.2, 0.25) is 0 Å². The van der Waals surface area contributed by atoms with Gasteiger partial charge < -0.3 is 10.3 Å². The minimum atomic E-state index is 0.786. The van der Waals surface area contributed by atoms with E-state index in [1.54, 1.807) is 0 Å². The van der Waals surface area contributed by atoms with E-state index >= 15 is 0 Å². The lowest BCUT2D eigenvalue weighted by molar-refractivity contribution is 0.450. The molecule has 0 aliphatic rings. The van der Waals surface area contributed by atoms with E-state index in [4.69, 9.17) is 10.3 Å². The predicted octanol–water partition coefficient (Wildman–Crippen LogP) is 2.03. The van der Waals surface area contributed by atoms with Crippen molar-refractivity contribution in [1.82, 2.24) is 5.16 Å². The number of benzene rings is 1. The number of rotatable bonds is 0. The summed E-state index contributed by atoms with van der Waals surface area (Å²) in [5.41, 5.74) is 9.25. The summed E-state index contributed by atoms with van der Waals surface area (Å²) in [5.74, 6) is 0. The third-order valence-electron chi connectivity index (χ3n) is 2.04. The SMILES string of the molecule is Cc1cc2onc(C)c2cc1N. The van der Waals surface area contributed by atoms with E-state index < -0.39 is 0 Å². The number of anilines is 1. The number of aromatic nitrogens is 1. The molecule has 3 nitrogen and oxygen atoms in total. The maximum Gasteiger partial charge on any atom is 0.167 e. The summed E-state index contributed by atoms with van der Waals surface area (Å²) in [6.07, 6.45) is 0. The summed E-state index contributed by atoms with van der Waals surface area (Å²) in [6.45, 7) is 3.85. The Morgan fingerprint density at radius 3 is 2.83 bits per heavy atom. The highest BCUT2D eigenvalue weighted by Gasteiger charge is 2.05. The zero-order valence-corrected chi connectivity index (χ0v) is 7.09. The van der Waals surface area contributed by atoms with Crippen LogP contribution in [0, 0.1) is 13.8 Å². The average molecular weight is 162 g/mol. The number of hydrogen-bond donors (Lipinski definition) is 1. The van der Waals surface area contributed by atoms with Crippen molar-refractivity contribution < 1.29 is 4.52 Å². The standard InChI is InChI=1S/C9H10N2O/c1-5-3-9-7(4-8(5)10)6(2)11-12-9/h3-4H,10H2,1-2H3. The van der Waals surface area contributed by atoms with Crippen LogP contribution in [0.5, 0.6) is 0 Å². The predicted molar refractivity (Wildman–Crippen MR) is 47.9 cm³/mol. The van der Waals surface area contributed by atoms with Gasteiger partial charge in [0, 0.05) is 11.1 Å². The lowest BCUT2D eigenvalue weighted by atomic mass is 10.1. The molecule has 1 aromatic heterocycles. The van der Waals surface area contributed by atoms with Gasteiger partial charge in [0.05, 0.1) is 5.69 Å². The van der Waals surface area contributed by atoms with Crippen molar-refractivity contribution in [3.05, 3.63) is 23.4 Å². The maximum atomic E-state index is 5.74. The lowest BCUT2D eigenvalue weighted by Crippen LogP contribution is -1.88. The summed E-state index contributed by atoms with van der Waals surface area (Å²) in [5, 5.41) is 4.85. The molecule has 0 atom stereocenters. The number of aryl methyl sites for hydroxylation is 2. The van der Waals surface area contributed by atoms with E-state index in [2.05, 4.69) is 5.16 Å². The van der Waals surface area contributed by atoms with Gasteiger partial charge in [0.1, 0.15) is 0 Å². The summed E-state index contributed by atoms with van der Waals surface area (Å²) in [6, 6.07) is 3.81. The molecule has 0 unspecified atom stereocenters. The van der Waals surface area contributed by atoms with Gasteiger partial charge in [-0.25, -0.2) is 0 Å². The van der Waals surface area contributed by atoms with E-state index in [1.165, 1.54) is 0 Å². The van der Waals surface area contributed by atoms with Crippen molar-refractivity contribution >= 4 is 16.7 Å². The van der Waals surface area contributed by atoms with Crippen molar-refractivity contribution in [3.8, 4) is 0 Å². The second-order valence-corrected chi connectivity index (χ2v) is 2.97. The highest BCUT2D eigenvalue weighted by atomic mass is 16.5. The Labute approximate surface area is 70.1 Å². The van der Waals surface area contributed by atoms with Crippen LogP contribution in [0.15, 0.2) is 16.7 Å². The van der Waals surface area contributed by atoms with Gasteiger partial charge in [-0.3, -0.25) is 0 Å². The molecule has 0 radical (unpaired) electrons. The smallest absolute Gasteiger partial charge is 0.167 e. The zero-order chi connectivity index (χ0) is 8.72. The first-order valence-electron chi connectivity index (χ1n) is 3.80. The first-order chi connectivity index (χ1) is 5.68. The van der Waals surface area contributed by atoms with E-state index in [-0.39, 0.29) is 0 Å². The zero-order valence-electron chi connectivity index (χ0n) is 7.09. The molecule has 2 aromatic rings. The summed E-state index contributed by atoms with van der Waals surface area (Å²) in [7, 11) is 0.